The largest absolute Gasteiger partial charge is 0.490 e. The molecule has 0 aliphatic carbocycles. The lowest BCUT2D eigenvalue weighted by atomic mass is 10.1. The van der Waals surface area contributed by atoms with Gasteiger partial charge in [-0.25, -0.2) is 5.43 Å². The van der Waals surface area contributed by atoms with Crippen molar-refractivity contribution >= 4 is 18.0 Å². The van der Waals surface area contributed by atoms with Crippen LogP contribution >= 0.6 is 0 Å². The van der Waals surface area contributed by atoms with Crippen LogP contribution < -0.4 is 15.5 Å². The molecule has 1 rings (SSSR count). The van der Waals surface area contributed by atoms with Crippen LogP contribution in [0.2, 0.25) is 0 Å². The lowest BCUT2D eigenvalue weighted by Crippen LogP contribution is -2.34. The molecule has 32 heavy (non-hydrogen) atoms. The number of unbranched alkanes of at least 4 members (excludes halogenated alkanes) is 10. The maximum Gasteiger partial charge on any atom is 0.259 e. The van der Waals surface area contributed by atoms with E-state index in [9.17, 15) is 9.59 Å². The topological polar surface area (TPSA) is 79.8 Å². The number of hydrogen-bond acceptors (Lipinski definition) is 4. The van der Waals surface area contributed by atoms with Crippen molar-refractivity contribution in [2.24, 2.45) is 5.10 Å². The predicted molar refractivity (Wildman–Crippen MR) is 132 cm³/mol. The van der Waals surface area contributed by atoms with Crippen molar-refractivity contribution in [2.75, 3.05) is 13.2 Å². The zero-order chi connectivity index (χ0) is 23.3. The number of hydrazone groups is 1. The molecule has 0 aliphatic rings. The first-order valence-corrected chi connectivity index (χ1v) is 12.1. The highest BCUT2D eigenvalue weighted by Gasteiger charge is 2.04. The Morgan fingerprint density at radius 1 is 0.906 bits per heavy atom. The average Bonchev–Trinajstić information content (AvgIpc) is 2.80. The van der Waals surface area contributed by atoms with Gasteiger partial charge in [0.25, 0.3) is 5.91 Å². The third-order valence-electron chi connectivity index (χ3n) is 5.10. The summed E-state index contributed by atoms with van der Waals surface area (Å²) in [6.45, 7) is 6.23. The molecule has 6 heteroatoms. The van der Waals surface area contributed by atoms with Crippen LogP contribution in [0.5, 0.6) is 5.75 Å². The average molecular weight is 444 g/mol. The fourth-order valence-corrected chi connectivity index (χ4v) is 3.24. The van der Waals surface area contributed by atoms with Crippen molar-refractivity contribution in [1.29, 1.82) is 0 Å². The first-order chi connectivity index (χ1) is 15.7. The van der Waals surface area contributed by atoms with Crippen molar-refractivity contribution in [3.8, 4) is 5.75 Å². The minimum atomic E-state index is -0.348. The summed E-state index contributed by atoms with van der Waals surface area (Å²) in [5.41, 5.74) is 3.25. The molecule has 0 saturated carbocycles. The van der Waals surface area contributed by atoms with Crippen LogP contribution in [0.25, 0.3) is 0 Å². The van der Waals surface area contributed by atoms with Crippen molar-refractivity contribution in [3.63, 3.8) is 0 Å². The molecule has 1 aromatic carbocycles. The van der Waals surface area contributed by atoms with E-state index in [1.807, 2.05) is 24.3 Å². The van der Waals surface area contributed by atoms with Crippen LogP contribution in [0.15, 0.2) is 42.0 Å². The first-order valence-electron chi connectivity index (χ1n) is 12.1. The highest BCUT2D eigenvalue weighted by molar-refractivity contribution is 5.86. The van der Waals surface area contributed by atoms with Crippen molar-refractivity contribution in [1.82, 2.24) is 10.7 Å². The van der Waals surface area contributed by atoms with Gasteiger partial charge >= 0.3 is 0 Å². The van der Waals surface area contributed by atoms with Gasteiger partial charge in [-0.15, -0.1) is 0 Å². The van der Waals surface area contributed by atoms with Gasteiger partial charge in [-0.1, -0.05) is 83.8 Å². The summed E-state index contributed by atoms with van der Waals surface area (Å²) in [5, 5.41) is 6.55. The predicted octanol–water partition coefficient (Wildman–Crippen LogP) is 5.52. The minimum Gasteiger partial charge on any atom is -0.490 e. The van der Waals surface area contributed by atoms with Crippen LogP contribution in [-0.2, 0) is 9.59 Å². The summed E-state index contributed by atoms with van der Waals surface area (Å²) in [5.74, 6) is 0.307. The summed E-state index contributed by atoms with van der Waals surface area (Å²) < 4.78 is 5.41. The van der Waals surface area contributed by atoms with E-state index in [0.29, 0.717) is 13.0 Å². The van der Waals surface area contributed by atoms with E-state index in [2.05, 4.69) is 29.3 Å². The second kappa shape index (κ2) is 19.1. The Morgan fingerprint density at radius 2 is 1.50 bits per heavy atom. The normalized spacial score (nSPS) is 10.8. The molecule has 0 spiro atoms. The molecule has 6 nitrogen and oxygen atoms in total. The lowest BCUT2D eigenvalue weighted by Gasteiger charge is -2.05. The fraction of sp³-hybridized carbons (Fsp3) is 0.577. The summed E-state index contributed by atoms with van der Waals surface area (Å²) in [7, 11) is 0. The summed E-state index contributed by atoms with van der Waals surface area (Å²) >= 11 is 0. The molecule has 0 bridgehead atoms. The molecular formula is C26H41N3O3. The van der Waals surface area contributed by atoms with Gasteiger partial charge < -0.3 is 10.1 Å². The van der Waals surface area contributed by atoms with E-state index in [4.69, 9.17) is 4.74 Å². The van der Waals surface area contributed by atoms with E-state index in [1.165, 1.54) is 57.8 Å². The Bertz CT molecular complexity index is 671. The zero-order valence-corrected chi connectivity index (χ0v) is 19.7. The monoisotopic (exact) mass is 443 g/mol. The van der Waals surface area contributed by atoms with Gasteiger partial charge in [0, 0.05) is 6.42 Å². The highest BCUT2D eigenvalue weighted by Crippen LogP contribution is 2.12. The summed E-state index contributed by atoms with van der Waals surface area (Å²) in [6.07, 6.45) is 17.4. The fourth-order valence-electron chi connectivity index (χ4n) is 3.24. The van der Waals surface area contributed by atoms with Gasteiger partial charge in [-0.2, -0.15) is 5.10 Å². The van der Waals surface area contributed by atoms with Crippen LogP contribution in [0.3, 0.4) is 0 Å². The maximum absolute atomic E-state index is 11.9. The number of benzene rings is 1. The van der Waals surface area contributed by atoms with Crippen LogP contribution in [-0.4, -0.2) is 31.2 Å². The highest BCUT2D eigenvalue weighted by atomic mass is 16.5. The standard InChI is InChI=1S/C26H41N3O3/c1-3-5-6-7-8-9-10-11-12-13-14-15-25(30)27-22-26(31)29-28-21-23-16-18-24(19-17-23)32-20-4-2/h4,16-19,21H,2-3,5-15,20,22H2,1H3,(H,27,30)(H,29,31)/b28-21-. The van der Waals surface area contributed by atoms with Crippen LogP contribution in [0, 0.1) is 0 Å². The van der Waals surface area contributed by atoms with Gasteiger partial charge in [-0.05, 0) is 36.2 Å². The lowest BCUT2D eigenvalue weighted by molar-refractivity contribution is -0.126. The Kier molecular flexibility index (Phi) is 16.3. The molecule has 2 N–H and O–H groups in total. The van der Waals surface area contributed by atoms with Crippen LogP contribution in [0.4, 0.5) is 0 Å². The van der Waals surface area contributed by atoms with E-state index in [-0.39, 0.29) is 18.4 Å². The molecule has 1 aromatic rings. The van der Waals surface area contributed by atoms with E-state index in [1.54, 1.807) is 12.3 Å². The molecule has 0 atom stereocenters. The van der Waals surface area contributed by atoms with E-state index < -0.39 is 0 Å². The smallest absolute Gasteiger partial charge is 0.259 e. The Labute approximate surface area is 193 Å². The number of hydrogen-bond donors (Lipinski definition) is 2. The molecule has 178 valence electrons. The van der Waals surface area contributed by atoms with E-state index >= 15 is 0 Å². The van der Waals surface area contributed by atoms with Gasteiger partial charge in [0.2, 0.25) is 5.91 Å². The molecular weight excluding hydrogens is 402 g/mol. The van der Waals surface area contributed by atoms with Gasteiger partial charge in [0.05, 0.1) is 12.8 Å². The Morgan fingerprint density at radius 3 is 2.09 bits per heavy atom. The van der Waals surface area contributed by atoms with Gasteiger partial charge in [0.15, 0.2) is 0 Å². The second-order valence-corrected chi connectivity index (χ2v) is 8.02. The molecule has 0 radical (unpaired) electrons. The Hall–Kier alpha value is -2.63. The molecule has 2 amide bonds. The zero-order valence-electron chi connectivity index (χ0n) is 19.7. The Balaban J connectivity index is 2.01. The molecule has 0 saturated heterocycles. The quantitative estimate of drug-likeness (QED) is 0.128. The molecule has 0 aliphatic heterocycles. The van der Waals surface area contributed by atoms with Crippen LogP contribution in [0.1, 0.15) is 89.5 Å². The number of nitrogens with one attached hydrogen (secondary N) is 2. The minimum absolute atomic E-state index is 0.0669. The molecule has 0 unspecified atom stereocenters. The third kappa shape index (κ3) is 15.2. The molecule has 0 heterocycles. The molecule has 0 fully saturated rings. The van der Waals surface area contributed by atoms with Crippen molar-refractivity contribution < 1.29 is 14.3 Å². The van der Waals surface area contributed by atoms with Crippen molar-refractivity contribution in [2.45, 2.75) is 84.0 Å². The summed E-state index contributed by atoms with van der Waals surface area (Å²) in [6, 6.07) is 7.32. The number of rotatable bonds is 19. The number of ether oxygens (including phenoxy) is 1. The first kappa shape index (κ1) is 27.4. The SMILES string of the molecule is C=CCOc1ccc(/C=N\NC(=O)CNC(=O)CCCCCCCCCCCCC)cc1. The molecule has 0 aromatic heterocycles. The number of carbonyl (C=O) groups is 2. The van der Waals surface area contributed by atoms with E-state index in [0.717, 1.165) is 24.2 Å². The van der Waals surface area contributed by atoms with Crippen molar-refractivity contribution in [3.05, 3.63) is 42.5 Å². The maximum atomic E-state index is 11.9. The van der Waals surface area contributed by atoms with Gasteiger partial charge in [0.1, 0.15) is 12.4 Å². The number of amides is 2. The number of carbonyl (C=O) groups excluding carboxylic acids is 2. The summed E-state index contributed by atoms with van der Waals surface area (Å²) in [4.78, 5) is 23.7. The number of nitrogens with zero attached hydrogens (tertiary/aromatic N) is 1. The van der Waals surface area contributed by atoms with Gasteiger partial charge in [-0.3, -0.25) is 9.59 Å². The second-order valence-electron chi connectivity index (χ2n) is 8.02. The third-order valence-corrected chi connectivity index (χ3v) is 5.10.